The molecule has 2 aromatic rings. The van der Waals surface area contributed by atoms with Gasteiger partial charge in [0, 0.05) is 23.4 Å². The second-order valence-electron chi connectivity index (χ2n) is 5.07. The van der Waals surface area contributed by atoms with Gasteiger partial charge in [0.1, 0.15) is 0 Å². The molecule has 1 aromatic carbocycles. The van der Waals surface area contributed by atoms with Crippen LogP contribution < -0.4 is 5.32 Å². The Balaban J connectivity index is 0.00000147. The number of halogens is 1. The zero-order chi connectivity index (χ0) is 13.2. The smallest absolute Gasteiger partial charge is 0.253 e. The van der Waals surface area contributed by atoms with Crippen LogP contribution in [0.2, 0.25) is 0 Å². The van der Waals surface area contributed by atoms with Crippen molar-refractivity contribution in [2.45, 2.75) is 18.9 Å². The Labute approximate surface area is 129 Å². The van der Waals surface area contributed by atoms with Crippen molar-refractivity contribution in [3.05, 3.63) is 35.2 Å². The van der Waals surface area contributed by atoms with Crippen molar-refractivity contribution in [3.63, 3.8) is 0 Å². The highest BCUT2D eigenvalue weighted by Crippen LogP contribution is 2.23. The second kappa shape index (κ2) is 6.57. The van der Waals surface area contributed by atoms with Gasteiger partial charge in [-0.15, -0.1) is 23.7 Å². The summed E-state index contributed by atoms with van der Waals surface area (Å²) in [6.45, 7) is 2.01. The van der Waals surface area contributed by atoms with Gasteiger partial charge >= 0.3 is 0 Å². The number of nitrogens with zero attached hydrogens (tertiary/aromatic N) is 1. The molecule has 2 heterocycles. The molecule has 0 unspecified atom stereocenters. The van der Waals surface area contributed by atoms with E-state index in [9.17, 15) is 4.79 Å². The van der Waals surface area contributed by atoms with E-state index in [0.29, 0.717) is 6.04 Å². The van der Waals surface area contributed by atoms with Gasteiger partial charge in [-0.3, -0.25) is 4.79 Å². The largest absolute Gasteiger partial charge is 0.339 e. The van der Waals surface area contributed by atoms with Gasteiger partial charge in [-0.25, -0.2) is 0 Å². The number of nitrogens with one attached hydrogen (secondary N) is 1. The van der Waals surface area contributed by atoms with E-state index in [1.54, 1.807) is 11.3 Å². The van der Waals surface area contributed by atoms with Crippen LogP contribution >= 0.6 is 23.7 Å². The van der Waals surface area contributed by atoms with Gasteiger partial charge < -0.3 is 10.2 Å². The zero-order valence-corrected chi connectivity index (χ0v) is 13.1. The van der Waals surface area contributed by atoms with Crippen LogP contribution in [0.1, 0.15) is 23.2 Å². The second-order valence-corrected chi connectivity index (χ2v) is 6.02. The fourth-order valence-electron chi connectivity index (χ4n) is 2.66. The number of amides is 1. The molecule has 1 aromatic heterocycles. The Morgan fingerprint density at radius 3 is 2.80 bits per heavy atom. The Hall–Kier alpha value is -1.10. The summed E-state index contributed by atoms with van der Waals surface area (Å²) in [5, 5.41) is 6.56. The molecular weight excluding hydrogens is 292 g/mol. The van der Waals surface area contributed by atoms with Crippen LogP contribution in [0, 0.1) is 0 Å². The lowest BCUT2D eigenvalue weighted by Gasteiger charge is -2.31. The van der Waals surface area contributed by atoms with E-state index in [2.05, 4.69) is 16.8 Å². The van der Waals surface area contributed by atoms with E-state index in [0.717, 1.165) is 36.9 Å². The number of fused-ring (bicyclic) bond motifs is 1. The molecule has 0 bridgehead atoms. The molecule has 5 heteroatoms. The number of hydrogen-bond donors (Lipinski definition) is 1. The van der Waals surface area contributed by atoms with E-state index in [1.807, 2.05) is 30.1 Å². The van der Waals surface area contributed by atoms with Gasteiger partial charge in [0.2, 0.25) is 0 Å². The molecule has 0 spiro atoms. The molecule has 108 valence electrons. The molecule has 1 N–H and O–H groups in total. The molecule has 0 radical (unpaired) electrons. The van der Waals surface area contributed by atoms with Crippen molar-refractivity contribution >= 4 is 39.7 Å². The van der Waals surface area contributed by atoms with Crippen LogP contribution in [0.3, 0.4) is 0 Å². The van der Waals surface area contributed by atoms with Gasteiger partial charge in [0.05, 0.1) is 0 Å². The van der Waals surface area contributed by atoms with Crippen LogP contribution in [-0.2, 0) is 0 Å². The normalized spacial score (nSPS) is 15.8. The number of piperidine rings is 1. The van der Waals surface area contributed by atoms with Crippen LogP contribution in [0.5, 0.6) is 0 Å². The minimum Gasteiger partial charge on any atom is -0.339 e. The molecule has 3 rings (SSSR count). The Kier molecular flexibility index (Phi) is 5.02. The molecular formula is C15H19ClN2OS. The third kappa shape index (κ3) is 2.97. The first kappa shape index (κ1) is 15.3. The third-order valence-electron chi connectivity index (χ3n) is 3.88. The number of carbonyl (C=O) groups is 1. The van der Waals surface area contributed by atoms with Crippen molar-refractivity contribution in [1.82, 2.24) is 10.2 Å². The fraction of sp³-hybridized carbons (Fsp3) is 0.400. The molecule has 20 heavy (non-hydrogen) atoms. The van der Waals surface area contributed by atoms with Crippen LogP contribution in [0.15, 0.2) is 29.6 Å². The summed E-state index contributed by atoms with van der Waals surface area (Å²) >= 11 is 1.71. The molecule has 0 saturated carbocycles. The van der Waals surface area contributed by atoms with Crippen LogP contribution in [0.25, 0.3) is 10.1 Å². The summed E-state index contributed by atoms with van der Waals surface area (Å²) < 4.78 is 1.24. The van der Waals surface area contributed by atoms with E-state index in [4.69, 9.17) is 0 Å². The average Bonchev–Trinajstić information content (AvgIpc) is 2.94. The average molecular weight is 311 g/mol. The first-order valence-electron chi connectivity index (χ1n) is 6.71. The van der Waals surface area contributed by atoms with Gasteiger partial charge in [0.25, 0.3) is 5.91 Å². The fourth-order valence-corrected chi connectivity index (χ4v) is 3.43. The highest BCUT2D eigenvalue weighted by atomic mass is 35.5. The highest BCUT2D eigenvalue weighted by molar-refractivity contribution is 7.17. The minimum atomic E-state index is 0. The van der Waals surface area contributed by atoms with Gasteiger partial charge in [-0.1, -0.05) is 0 Å². The molecule has 3 nitrogen and oxygen atoms in total. The molecule has 0 aliphatic carbocycles. The molecule has 1 saturated heterocycles. The van der Waals surface area contributed by atoms with Gasteiger partial charge in [-0.05, 0) is 61.0 Å². The topological polar surface area (TPSA) is 32.3 Å². The SMILES string of the molecule is CN(C(=O)c1ccc2sccc2c1)C1CCNCC1.Cl. The first-order chi connectivity index (χ1) is 9.25. The Morgan fingerprint density at radius 2 is 2.05 bits per heavy atom. The minimum absolute atomic E-state index is 0. The summed E-state index contributed by atoms with van der Waals surface area (Å²) in [7, 11) is 1.93. The first-order valence-corrected chi connectivity index (χ1v) is 7.59. The predicted octanol–water partition coefficient (Wildman–Crippen LogP) is 3.15. The summed E-state index contributed by atoms with van der Waals surface area (Å²) in [6, 6.07) is 8.43. The van der Waals surface area contributed by atoms with Crippen molar-refractivity contribution in [2.75, 3.05) is 20.1 Å². The van der Waals surface area contributed by atoms with Crippen molar-refractivity contribution < 1.29 is 4.79 Å². The maximum atomic E-state index is 12.5. The number of thiophene rings is 1. The molecule has 1 aliphatic heterocycles. The van der Waals surface area contributed by atoms with E-state index in [1.165, 1.54) is 4.70 Å². The van der Waals surface area contributed by atoms with Crippen LogP contribution in [0.4, 0.5) is 0 Å². The lowest BCUT2D eigenvalue weighted by Crippen LogP contribution is -2.43. The lowest BCUT2D eigenvalue weighted by atomic mass is 10.0. The maximum absolute atomic E-state index is 12.5. The van der Waals surface area contributed by atoms with Crippen molar-refractivity contribution in [3.8, 4) is 0 Å². The maximum Gasteiger partial charge on any atom is 0.253 e. The lowest BCUT2D eigenvalue weighted by molar-refractivity contribution is 0.0703. The molecule has 0 atom stereocenters. The number of benzene rings is 1. The highest BCUT2D eigenvalue weighted by Gasteiger charge is 2.22. The quantitative estimate of drug-likeness (QED) is 0.924. The molecule has 1 amide bonds. The summed E-state index contributed by atoms with van der Waals surface area (Å²) in [6.07, 6.45) is 2.09. The number of rotatable bonds is 2. The zero-order valence-electron chi connectivity index (χ0n) is 11.5. The van der Waals surface area contributed by atoms with E-state index >= 15 is 0 Å². The van der Waals surface area contributed by atoms with Crippen molar-refractivity contribution in [2.24, 2.45) is 0 Å². The summed E-state index contributed by atoms with van der Waals surface area (Å²) in [5.41, 5.74) is 0.798. The van der Waals surface area contributed by atoms with E-state index < -0.39 is 0 Å². The number of hydrogen-bond acceptors (Lipinski definition) is 3. The van der Waals surface area contributed by atoms with E-state index in [-0.39, 0.29) is 18.3 Å². The monoisotopic (exact) mass is 310 g/mol. The third-order valence-corrected chi connectivity index (χ3v) is 4.77. The molecule has 1 aliphatic rings. The summed E-state index contributed by atoms with van der Waals surface area (Å²) in [5.74, 6) is 0.139. The van der Waals surface area contributed by atoms with Gasteiger partial charge in [0.15, 0.2) is 0 Å². The van der Waals surface area contributed by atoms with Gasteiger partial charge in [-0.2, -0.15) is 0 Å². The Morgan fingerprint density at radius 1 is 1.30 bits per heavy atom. The summed E-state index contributed by atoms with van der Waals surface area (Å²) in [4.78, 5) is 14.4. The van der Waals surface area contributed by atoms with Crippen molar-refractivity contribution in [1.29, 1.82) is 0 Å². The predicted molar refractivity (Wildman–Crippen MR) is 87.1 cm³/mol. The Bertz CT molecular complexity index is 592. The van der Waals surface area contributed by atoms with Crippen LogP contribution in [-0.4, -0.2) is 37.0 Å². The molecule has 1 fully saturated rings. The standard InChI is InChI=1S/C15H18N2OS.ClH/c1-17(13-4-7-16-8-5-13)15(18)12-2-3-14-11(10-12)6-9-19-14;/h2-3,6,9-10,13,16H,4-5,7-8H2,1H3;1H. The number of carbonyl (C=O) groups excluding carboxylic acids is 1.